The van der Waals surface area contributed by atoms with Crippen molar-refractivity contribution < 1.29 is 9.59 Å². The molecule has 0 spiro atoms. The van der Waals surface area contributed by atoms with Crippen LogP contribution in [0.2, 0.25) is 5.02 Å². The van der Waals surface area contributed by atoms with Crippen molar-refractivity contribution in [1.29, 1.82) is 0 Å². The molecule has 1 aliphatic carbocycles. The third-order valence-corrected chi connectivity index (χ3v) is 6.42. The summed E-state index contributed by atoms with van der Waals surface area (Å²) in [5.74, 6) is 0.103. The summed E-state index contributed by atoms with van der Waals surface area (Å²) in [5.41, 5.74) is 2.94. The van der Waals surface area contributed by atoms with Crippen molar-refractivity contribution in [2.45, 2.75) is 44.7 Å². The fraction of sp³-hybridized carbons (Fsp3) is 0.375. The third kappa shape index (κ3) is 4.74. The molecule has 0 radical (unpaired) electrons. The number of halogens is 1. The molecular formula is C24H27ClN4O2. The molecule has 4 rings (SSSR count). The molecule has 3 aromatic rings. The maximum Gasteiger partial charge on any atom is 0.242 e. The maximum absolute atomic E-state index is 12.7. The number of pyridine rings is 1. The summed E-state index contributed by atoms with van der Waals surface area (Å²) in [4.78, 5) is 29.6. The smallest absolute Gasteiger partial charge is 0.242 e. The maximum atomic E-state index is 12.7. The molecule has 2 heterocycles. The Labute approximate surface area is 187 Å². The molecule has 2 N–H and O–H groups in total. The van der Waals surface area contributed by atoms with Gasteiger partial charge in [0.1, 0.15) is 11.7 Å². The molecular weight excluding hydrogens is 412 g/mol. The number of carbonyl (C=O) groups is 2. The number of nitrogens with zero attached hydrogens (tertiary/aromatic N) is 2. The minimum absolute atomic E-state index is 0.0414. The standard InChI is InChI=1S/C24H27ClN4O2/c1-15(28-24(31)19-9-8-18(11-19)17-6-4-3-5-7-17)23(30)27-13-16-10-20-21(25)14-29(2)22(20)26-12-16/h3-7,10,12,14-15,18-19H,8-9,11,13H2,1-2H3,(H,27,30)(H,28,31)/t15-,18+,19+/m0/s1. The van der Waals surface area contributed by atoms with E-state index in [1.165, 1.54) is 5.56 Å². The van der Waals surface area contributed by atoms with Gasteiger partial charge in [-0.1, -0.05) is 41.9 Å². The van der Waals surface area contributed by atoms with Crippen LogP contribution in [0.5, 0.6) is 0 Å². The number of carbonyl (C=O) groups excluding carboxylic acids is 2. The quantitative estimate of drug-likeness (QED) is 0.612. The van der Waals surface area contributed by atoms with Gasteiger partial charge in [-0.3, -0.25) is 9.59 Å². The fourth-order valence-electron chi connectivity index (χ4n) is 4.34. The van der Waals surface area contributed by atoms with E-state index in [0.717, 1.165) is 35.9 Å². The number of rotatable bonds is 6. The van der Waals surface area contributed by atoms with Gasteiger partial charge in [0.25, 0.3) is 0 Å². The van der Waals surface area contributed by atoms with Crippen LogP contribution in [0.15, 0.2) is 48.8 Å². The third-order valence-electron chi connectivity index (χ3n) is 6.11. The largest absolute Gasteiger partial charge is 0.350 e. The number of nitrogens with one attached hydrogen (secondary N) is 2. The van der Waals surface area contributed by atoms with Gasteiger partial charge in [-0.05, 0) is 49.3 Å². The molecule has 3 atom stereocenters. The Morgan fingerprint density at radius 1 is 1.26 bits per heavy atom. The van der Waals surface area contributed by atoms with Gasteiger partial charge < -0.3 is 15.2 Å². The first-order valence-electron chi connectivity index (χ1n) is 10.6. The minimum Gasteiger partial charge on any atom is -0.350 e. The number of aromatic nitrogens is 2. The van der Waals surface area contributed by atoms with E-state index in [4.69, 9.17) is 11.6 Å². The van der Waals surface area contributed by atoms with Crippen LogP contribution in [-0.4, -0.2) is 27.4 Å². The molecule has 0 saturated heterocycles. The Kier molecular flexibility index (Phi) is 6.28. The van der Waals surface area contributed by atoms with Gasteiger partial charge in [0.05, 0.1) is 5.02 Å². The van der Waals surface area contributed by atoms with E-state index >= 15 is 0 Å². The van der Waals surface area contributed by atoms with Gasteiger partial charge >= 0.3 is 0 Å². The molecule has 1 aromatic carbocycles. The lowest BCUT2D eigenvalue weighted by atomic mass is 9.96. The highest BCUT2D eigenvalue weighted by Crippen LogP contribution is 2.38. The molecule has 31 heavy (non-hydrogen) atoms. The van der Waals surface area contributed by atoms with Crippen molar-refractivity contribution in [3.8, 4) is 0 Å². The molecule has 0 aliphatic heterocycles. The predicted octanol–water partition coefficient (Wildman–Crippen LogP) is 3.93. The minimum atomic E-state index is -0.597. The molecule has 2 aromatic heterocycles. The van der Waals surface area contributed by atoms with E-state index < -0.39 is 6.04 Å². The van der Waals surface area contributed by atoms with Crippen molar-refractivity contribution >= 4 is 34.4 Å². The predicted molar refractivity (Wildman–Crippen MR) is 122 cm³/mol. The molecule has 2 amide bonds. The van der Waals surface area contributed by atoms with Crippen molar-refractivity contribution in [2.24, 2.45) is 13.0 Å². The second-order valence-electron chi connectivity index (χ2n) is 8.37. The summed E-state index contributed by atoms with van der Waals surface area (Å²) < 4.78 is 1.86. The number of fused-ring (bicyclic) bond motifs is 1. The Morgan fingerprint density at radius 2 is 2.03 bits per heavy atom. The first-order valence-corrected chi connectivity index (χ1v) is 11.0. The van der Waals surface area contributed by atoms with Gasteiger partial charge in [0.15, 0.2) is 0 Å². The molecule has 1 saturated carbocycles. The van der Waals surface area contributed by atoms with Crippen LogP contribution >= 0.6 is 11.6 Å². The van der Waals surface area contributed by atoms with E-state index in [9.17, 15) is 9.59 Å². The second kappa shape index (κ2) is 9.10. The van der Waals surface area contributed by atoms with E-state index in [-0.39, 0.29) is 17.7 Å². The summed E-state index contributed by atoms with van der Waals surface area (Å²) in [5, 5.41) is 7.24. The van der Waals surface area contributed by atoms with E-state index in [2.05, 4.69) is 27.8 Å². The molecule has 162 valence electrons. The summed E-state index contributed by atoms with van der Waals surface area (Å²) in [7, 11) is 1.89. The van der Waals surface area contributed by atoms with Gasteiger partial charge in [-0.25, -0.2) is 4.98 Å². The van der Waals surface area contributed by atoms with Crippen LogP contribution in [0.1, 0.15) is 43.2 Å². The lowest BCUT2D eigenvalue weighted by Gasteiger charge is -2.17. The number of hydrogen-bond acceptors (Lipinski definition) is 3. The Balaban J connectivity index is 1.28. The Hall–Kier alpha value is -2.86. The monoisotopic (exact) mass is 438 g/mol. The number of benzene rings is 1. The van der Waals surface area contributed by atoms with Gasteiger partial charge in [-0.15, -0.1) is 0 Å². The van der Waals surface area contributed by atoms with Crippen LogP contribution in [0, 0.1) is 5.92 Å². The van der Waals surface area contributed by atoms with Crippen LogP contribution in [0.3, 0.4) is 0 Å². The molecule has 0 unspecified atom stereocenters. The van der Waals surface area contributed by atoms with Gasteiger partial charge in [0.2, 0.25) is 11.8 Å². The van der Waals surface area contributed by atoms with E-state index in [0.29, 0.717) is 17.5 Å². The highest BCUT2D eigenvalue weighted by atomic mass is 35.5. The molecule has 1 aliphatic rings. The highest BCUT2D eigenvalue weighted by molar-refractivity contribution is 6.35. The van der Waals surface area contributed by atoms with Crippen LogP contribution < -0.4 is 10.6 Å². The lowest BCUT2D eigenvalue weighted by Crippen LogP contribution is -2.46. The van der Waals surface area contributed by atoms with Crippen molar-refractivity contribution in [2.75, 3.05) is 0 Å². The summed E-state index contributed by atoms with van der Waals surface area (Å²) in [6.45, 7) is 2.04. The van der Waals surface area contributed by atoms with Gasteiger partial charge in [0, 0.05) is 37.3 Å². The number of amides is 2. The van der Waals surface area contributed by atoms with Crippen molar-refractivity contribution in [3.63, 3.8) is 0 Å². The zero-order valence-electron chi connectivity index (χ0n) is 17.8. The normalized spacial score (nSPS) is 19.3. The summed E-state index contributed by atoms with van der Waals surface area (Å²) in [6.07, 6.45) is 6.21. The zero-order valence-corrected chi connectivity index (χ0v) is 18.5. The SMILES string of the molecule is C[C@H](NC(=O)[C@@H]1CC[C@@H](c2ccccc2)C1)C(=O)NCc1cnc2c(c1)c(Cl)cn2C. The van der Waals surface area contributed by atoms with Gasteiger partial charge in [-0.2, -0.15) is 0 Å². The highest BCUT2D eigenvalue weighted by Gasteiger charge is 2.31. The molecule has 7 heteroatoms. The molecule has 0 bridgehead atoms. The lowest BCUT2D eigenvalue weighted by molar-refractivity contribution is -0.130. The number of aryl methyl sites for hydroxylation is 1. The van der Waals surface area contributed by atoms with Crippen molar-refractivity contribution in [1.82, 2.24) is 20.2 Å². The molecule has 1 fully saturated rings. The van der Waals surface area contributed by atoms with Crippen LogP contribution in [0.4, 0.5) is 0 Å². The zero-order chi connectivity index (χ0) is 22.0. The van der Waals surface area contributed by atoms with Crippen LogP contribution in [-0.2, 0) is 23.2 Å². The first-order chi connectivity index (χ1) is 14.9. The fourth-order valence-corrected chi connectivity index (χ4v) is 4.63. The number of hydrogen-bond donors (Lipinski definition) is 2. The van der Waals surface area contributed by atoms with Crippen LogP contribution in [0.25, 0.3) is 11.0 Å². The van der Waals surface area contributed by atoms with E-state index in [1.54, 1.807) is 13.1 Å². The Morgan fingerprint density at radius 3 is 2.81 bits per heavy atom. The molecule has 6 nitrogen and oxygen atoms in total. The topological polar surface area (TPSA) is 76.0 Å². The Bertz CT molecular complexity index is 1100. The average molecular weight is 439 g/mol. The van der Waals surface area contributed by atoms with Crippen molar-refractivity contribution in [3.05, 3.63) is 64.9 Å². The summed E-state index contributed by atoms with van der Waals surface area (Å²) in [6, 6.07) is 11.6. The second-order valence-corrected chi connectivity index (χ2v) is 8.78. The first kappa shape index (κ1) is 21.4. The van der Waals surface area contributed by atoms with E-state index in [1.807, 2.05) is 42.1 Å². The average Bonchev–Trinajstić information content (AvgIpc) is 3.38. The summed E-state index contributed by atoms with van der Waals surface area (Å²) >= 11 is 6.24.